The molecule has 2 unspecified atom stereocenters. The van der Waals surface area contributed by atoms with Gasteiger partial charge < -0.3 is 4.90 Å². The number of likely N-dealkylation sites (N-methyl/N-ethyl adjacent to an activating group) is 1. The SMILES string of the molecule is CN(CC1CC(c2ccccc2)NN1)C(=O)CCN1CCCCO1. The van der Waals surface area contributed by atoms with Crippen molar-refractivity contribution in [3.8, 4) is 0 Å². The number of nitrogens with zero attached hydrogens (tertiary/aromatic N) is 2. The van der Waals surface area contributed by atoms with E-state index in [2.05, 4.69) is 35.1 Å². The van der Waals surface area contributed by atoms with E-state index in [0.717, 1.165) is 39.0 Å². The van der Waals surface area contributed by atoms with Crippen LogP contribution in [0.25, 0.3) is 0 Å². The molecule has 6 nitrogen and oxygen atoms in total. The molecule has 132 valence electrons. The summed E-state index contributed by atoms with van der Waals surface area (Å²) in [5.41, 5.74) is 7.93. The average molecular weight is 332 g/mol. The van der Waals surface area contributed by atoms with Crippen LogP contribution in [0, 0.1) is 0 Å². The van der Waals surface area contributed by atoms with Gasteiger partial charge in [0.25, 0.3) is 0 Å². The molecule has 0 radical (unpaired) electrons. The van der Waals surface area contributed by atoms with E-state index in [0.29, 0.717) is 19.0 Å². The maximum Gasteiger partial charge on any atom is 0.223 e. The molecule has 2 aliphatic heterocycles. The van der Waals surface area contributed by atoms with Crippen molar-refractivity contribution in [1.29, 1.82) is 0 Å². The maximum atomic E-state index is 12.3. The van der Waals surface area contributed by atoms with Crippen LogP contribution in [0.1, 0.15) is 37.3 Å². The summed E-state index contributed by atoms with van der Waals surface area (Å²) in [7, 11) is 1.89. The molecule has 1 amide bonds. The van der Waals surface area contributed by atoms with Crippen LogP contribution >= 0.6 is 0 Å². The average Bonchev–Trinajstić information content (AvgIpc) is 3.10. The number of hydrogen-bond donors (Lipinski definition) is 2. The normalized spacial score (nSPS) is 24.9. The molecular weight excluding hydrogens is 304 g/mol. The van der Waals surface area contributed by atoms with Crippen LogP contribution < -0.4 is 10.9 Å². The lowest BCUT2D eigenvalue weighted by Crippen LogP contribution is -2.42. The molecule has 0 spiro atoms. The number of benzene rings is 1. The van der Waals surface area contributed by atoms with Gasteiger partial charge >= 0.3 is 0 Å². The number of nitrogens with one attached hydrogen (secondary N) is 2. The first-order chi connectivity index (χ1) is 11.7. The number of hydrazine groups is 1. The van der Waals surface area contributed by atoms with Crippen LogP contribution in [0.5, 0.6) is 0 Å². The summed E-state index contributed by atoms with van der Waals surface area (Å²) in [6.07, 6.45) is 3.77. The van der Waals surface area contributed by atoms with Gasteiger partial charge in [-0.05, 0) is 24.8 Å². The van der Waals surface area contributed by atoms with Gasteiger partial charge in [-0.25, -0.2) is 5.43 Å². The molecule has 2 atom stereocenters. The second-order valence-electron chi connectivity index (χ2n) is 6.68. The minimum absolute atomic E-state index is 0.175. The first-order valence-corrected chi connectivity index (χ1v) is 8.90. The maximum absolute atomic E-state index is 12.3. The lowest BCUT2D eigenvalue weighted by Gasteiger charge is -2.27. The van der Waals surface area contributed by atoms with Crippen LogP contribution in [0.3, 0.4) is 0 Å². The molecule has 2 N–H and O–H groups in total. The van der Waals surface area contributed by atoms with Crippen LogP contribution in [0.15, 0.2) is 30.3 Å². The van der Waals surface area contributed by atoms with Crippen LogP contribution in [-0.2, 0) is 9.63 Å². The van der Waals surface area contributed by atoms with E-state index in [1.807, 2.05) is 23.1 Å². The molecule has 6 heteroatoms. The van der Waals surface area contributed by atoms with Gasteiger partial charge in [0.15, 0.2) is 0 Å². The summed E-state index contributed by atoms with van der Waals surface area (Å²) in [5, 5.41) is 1.93. The van der Waals surface area contributed by atoms with Crippen molar-refractivity contribution >= 4 is 5.91 Å². The molecule has 2 aliphatic rings. The Balaban J connectivity index is 1.40. The molecule has 1 aromatic rings. The van der Waals surface area contributed by atoms with E-state index < -0.39 is 0 Å². The van der Waals surface area contributed by atoms with Gasteiger partial charge in [0, 0.05) is 45.2 Å². The zero-order valence-corrected chi connectivity index (χ0v) is 14.4. The molecule has 2 fully saturated rings. The summed E-state index contributed by atoms with van der Waals surface area (Å²) in [4.78, 5) is 19.7. The standard InChI is InChI=1S/C18H28N4O2/c1-21(18(23)9-11-22-10-5-6-12-24-22)14-16-13-17(20-19-16)15-7-3-2-4-8-15/h2-4,7-8,16-17,19-20H,5-6,9-14H2,1H3. The largest absolute Gasteiger partial charge is 0.344 e. The third kappa shape index (κ3) is 4.77. The topological polar surface area (TPSA) is 56.8 Å². The van der Waals surface area contributed by atoms with Crippen molar-refractivity contribution in [2.24, 2.45) is 0 Å². The third-order valence-electron chi connectivity index (χ3n) is 4.75. The molecule has 3 rings (SSSR count). The van der Waals surface area contributed by atoms with E-state index in [1.165, 1.54) is 5.56 Å². The van der Waals surface area contributed by atoms with Gasteiger partial charge in [-0.2, -0.15) is 5.06 Å². The van der Waals surface area contributed by atoms with Gasteiger partial charge in [0.2, 0.25) is 5.91 Å². The summed E-state index contributed by atoms with van der Waals surface area (Å²) < 4.78 is 0. The first-order valence-electron chi connectivity index (χ1n) is 8.90. The molecule has 1 aromatic carbocycles. The number of rotatable bonds is 6. The Morgan fingerprint density at radius 3 is 2.88 bits per heavy atom. The van der Waals surface area contributed by atoms with Crippen molar-refractivity contribution in [1.82, 2.24) is 20.8 Å². The highest BCUT2D eigenvalue weighted by atomic mass is 16.7. The Kier molecular flexibility index (Phi) is 6.20. The molecule has 24 heavy (non-hydrogen) atoms. The molecular formula is C18H28N4O2. The second-order valence-corrected chi connectivity index (χ2v) is 6.68. The fraction of sp³-hybridized carbons (Fsp3) is 0.611. The molecule has 0 aromatic heterocycles. The number of hydroxylamine groups is 2. The molecule has 2 heterocycles. The number of carbonyl (C=O) groups is 1. The van der Waals surface area contributed by atoms with Crippen LogP contribution in [0.4, 0.5) is 0 Å². The Hall–Kier alpha value is -1.47. The van der Waals surface area contributed by atoms with Crippen LogP contribution in [0.2, 0.25) is 0 Å². The van der Waals surface area contributed by atoms with Crippen LogP contribution in [-0.4, -0.2) is 55.2 Å². The zero-order valence-electron chi connectivity index (χ0n) is 14.4. The molecule has 2 saturated heterocycles. The molecule has 0 saturated carbocycles. The monoisotopic (exact) mass is 332 g/mol. The number of hydrogen-bond acceptors (Lipinski definition) is 5. The van der Waals surface area contributed by atoms with E-state index in [9.17, 15) is 4.79 Å². The summed E-state index contributed by atoms with van der Waals surface area (Å²) in [6, 6.07) is 11.0. The molecule has 0 aliphatic carbocycles. The van der Waals surface area contributed by atoms with Gasteiger partial charge in [0.1, 0.15) is 0 Å². The van der Waals surface area contributed by atoms with Crippen molar-refractivity contribution < 1.29 is 9.63 Å². The Bertz CT molecular complexity index is 519. The predicted molar refractivity (Wildman–Crippen MR) is 92.9 cm³/mol. The minimum atomic E-state index is 0.175. The van der Waals surface area contributed by atoms with Crippen molar-refractivity contribution in [2.75, 3.05) is 33.3 Å². The van der Waals surface area contributed by atoms with Gasteiger partial charge in [-0.1, -0.05) is 30.3 Å². The van der Waals surface area contributed by atoms with E-state index in [1.54, 1.807) is 0 Å². The quantitative estimate of drug-likeness (QED) is 0.826. The van der Waals surface area contributed by atoms with E-state index >= 15 is 0 Å². The predicted octanol–water partition coefficient (Wildman–Crippen LogP) is 1.47. The highest BCUT2D eigenvalue weighted by molar-refractivity contribution is 5.76. The lowest BCUT2D eigenvalue weighted by atomic mass is 10.0. The zero-order chi connectivity index (χ0) is 16.8. The minimum Gasteiger partial charge on any atom is -0.344 e. The summed E-state index contributed by atoms with van der Waals surface area (Å²) >= 11 is 0. The highest BCUT2D eigenvalue weighted by Crippen LogP contribution is 2.22. The van der Waals surface area contributed by atoms with Gasteiger partial charge in [-0.3, -0.25) is 15.1 Å². The summed E-state index contributed by atoms with van der Waals surface area (Å²) in [5.74, 6) is 0.175. The highest BCUT2D eigenvalue weighted by Gasteiger charge is 2.26. The fourth-order valence-electron chi connectivity index (χ4n) is 3.31. The lowest BCUT2D eigenvalue weighted by molar-refractivity contribution is -0.182. The summed E-state index contributed by atoms with van der Waals surface area (Å²) in [6.45, 7) is 3.12. The Morgan fingerprint density at radius 1 is 1.29 bits per heavy atom. The number of amides is 1. The smallest absolute Gasteiger partial charge is 0.223 e. The van der Waals surface area contributed by atoms with Crippen molar-refractivity contribution in [2.45, 2.75) is 37.8 Å². The van der Waals surface area contributed by atoms with Crippen molar-refractivity contribution in [3.05, 3.63) is 35.9 Å². The number of carbonyl (C=O) groups excluding carboxylic acids is 1. The van der Waals surface area contributed by atoms with E-state index in [4.69, 9.17) is 4.84 Å². The second kappa shape index (κ2) is 8.58. The van der Waals surface area contributed by atoms with Gasteiger partial charge in [-0.15, -0.1) is 0 Å². The first kappa shape index (κ1) is 17.4. The third-order valence-corrected chi connectivity index (χ3v) is 4.75. The molecule has 0 bridgehead atoms. The van der Waals surface area contributed by atoms with Crippen molar-refractivity contribution in [3.63, 3.8) is 0 Å². The van der Waals surface area contributed by atoms with E-state index in [-0.39, 0.29) is 11.9 Å². The Labute approximate surface area is 144 Å². The van der Waals surface area contributed by atoms with Gasteiger partial charge in [0.05, 0.1) is 6.61 Å². The fourth-order valence-corrected chi connectivity index (χ4v) is 3.31. The Morgan fingerprint density at radius 2 is 2.12 bits per heavy atom.